The van der Waals surface area contributed by atoms with Crippen LogP contribution in [-0.4, -0.2) is 39.2 Å². The van der Waals surface area contributed by atoms with E-state index >= 15 is 0 Å². The third-order valence-corrected chi connectivity index (χ3v) is 5.59. The summed E-state index contributed by atoms with van der Waals surface area (Å²) in [6, 6.07) is 6.58. The van der Waals surface area contributed by atoms with Gasteiger partial charge in [0.15, 0.2) is 11.3 Å². The number of nitrogens with one attached hydrogen (secondary N) is 2. The second kappa shape index (κ2) is 6.13. The van der Waals surface area contributed by atoms with Crippen molar-refractivity contribution in [2.75, 3.05) is 18.4 Å². The van der Waals surface area contributed by atoms with Gasteiger partial charge in [-0.1, -0.05) is 17.4 Å². The van der Waals surface area contributed by atoms with E-state index in [2.05, 4.69) is 46.8 Å². The van der Waals surface area contributed by atoms with Crippen molar-refractivity contribution in [1.29, 1.82) is 5.26 Å². The molecule has 1 saturated heterocycles. The summed E-state index contributed by atoms with van der Waals surface area (Å²) in [5.41, 5.74) is 3.22. The van der Waals surface area contributed by atoms with Gasteiger partial charge in [-0.05, 0) is 37.0 Å². The third-order valence-electron chi connectivity index (χ3n) is 4.64. The number of aromatic nitrogens is 3. The molecule has 3 heterocycles. The van der Waals surface area contributed by atoms with Gasteiger partial charge in [0.1, 0.15) is 0 Å². The van der Waals surface area contributed by atoms with Gasteiger partial charge in [0.2, 0.25) is 0 Å². The van der Waals surface area contributed by atoms with Crippen molar-refractivity contribution in [3.8, 4) is 17.3 Å². The number of fused-ring (bicyclic) bond motifs is 1. The largest absolute Gasteiger partial charge is 0.359 e. The van der Waals surface area contributed by atoms with Crippen LogP contribution in [0.25, 0.3) is 21.3 Å². The normalized spacial score (nSPS) is 18.7. The van der Waals surface area contributed by atoms with E-state index in [0.717, 1.165) is 46.0 Å². The topological polar surface area (TPSA) is 80.6 Å². The first-order valence-corrected chi connectivity index (χ1v) is 8.85. The molecule has 0 radical (unpaired) electrons. The van der Waals surface area contributed by atoms with Gasteiger partial charge in [0, 0.05) is 30.9 Å². The minimum Gasteiger partial charge on any atom is -0.359 e. The molecular weight excluding hydrogens is 320 g/mol. The van der Waals surface area contributed by atoms with Gasteiger partial charge < -0.3 is 10.2 Å². The molecule has 1 aliphatic heterocycles. The summed E-state index contributed by atoms with van der Waals surface area (Å²) in [5, 5.41) is 20.3. The van der Waals surface area contributed by atoms with Gasteiger partial charge in [-0.3, -0.25) is 5.10 Å². The highest BCUT2D eigenvalue weighted by molar-refractivity contribution is 7.22. The Morgan fingerprint density at radius 3 is 3.12 bits per heavy atom. The smallest absolute Gasteiger partial charge is 0.184 e. The van der Waals surface area contributed by atoms with E-state index in [1.807, 2.05) is 17.3 Å². The minimum absolute atomic E-state index is 0.303. The quantitative estimate of drug-likeness (QED) is 0.714. The van der Waals surface area contributed by atoms with Crippen molar-refractivity contribution >= 4 is 26.7 Å². The average molecular weight is 338 g/mol. The van der Waals surface area contributed by atoms with Crippen molar-refractivity contribution in [1.82, 2.24) is 20.1 Å². The Labute approximate surface area is 144 Å². The molecule has 4 rings (SSSR count). The molecule has 7 heteroatoms. The van der Waals surface area contributed by atoms with Crippen molar-refractivity contribution in [2.24, 2.45) is 5.92 Å². The van der Waals surface area contributed by atoms with Crippen molar-refractivity contribution < 1.29 is 0 Å². The highest BCUT2D eigenvalue weighted by Gasteiger charge is 2.26. The van der Waals surface area contributed by atoms with E-state index in [-0.39, 0.29) is 0 Å². The Hall–Kier alpha value is -2.59. The number of aromatic amines is 1. The van der Waals surface area contributed by atoms with Crippen molar-refractivity contribution in [3.05, 3.63) is 30.6 Å². The van der Waals surface area contributed by atoms with Crippen LogP contribution in [0.1, 0.15) is 13.3 Å². The fraction of sp³-hybridized carbons (Fsp3) is 0.353. The number of anilines is 1. The van der Waals surface area contributed by atoms with Crippen LogP contribution in [-0.2, 0) is 0 Å². The van der Waals surface area contributed by atoms with Gasteiger partial charge in [0.25, 0.3) is 0 Å². The summed E-state index contributed by atoms with van der Waals surface area (Å²) < 4.78 is 1.16. The van der Waals surface area contributed by atoms with E-state index in [4.69, 9.17) is 10.2 Å². The maximum atomic E-state index is 8.99. The summed E-state index contributed by atoms with van der Waals surface area (Å²) in [6.07, 6.45) is 7.01. The SMILES string of the molecule is CC(Nc1nc2ccc(-c3cn[nH]c3)cc2s1)C1CCN(C#N)C1. The number of benzene rings is 1. The summed E-state index contributed by atoms with van der Waals surface area (Å²) in [6.45, 7) is 3.87. The molecular formula is C17H18N6S. The molecule has 0 amide bonds. The summed E-state index contributed by atoms with van der Waals surface area (Å²) in [5.74, 6) is 0.484. The highest BCUT2D eigenvalue weighted by atomic mass is 32.1. The maximum Gasteiger partial charge on any atom is 0.184 e. The first kappa shape index (κ1) is 15.0. The molecule has 24 heavy (non-hydrogen) atoms. The second-order valence-corrected chi connectivity index (χ2v) is 7.25. The van der Waals surface area contributed by atoms with Crippen LogP contribution in [0.15, 0.2) is 30.6 Å². The molecule has 2 atom stereocenters. The molecule has 0 bridgehead atoms. The van der Waals surface area contributed by atoms with E-state index < -0.39 is 0 Å². The van der Waals surface area contributed by atoms with Gasteiger partial charge in [-0.25, -0.2) is 4.98 Å². The lowest BCUT2D eigenvalue weighted by molar-refractivity contribution is 0.432. The zero-order valence-corrected chi connectivity index (χ0v) is 14.2. The van der Waals surface area contributed by atoms with E-state index in [1.54, 1.807) is 11.3 Å². The third kappa shape index (κ3) is 2.81. The van der Waals surface area contributed by atoms with Crippen LogP contribution in [0, 0.1) is 17.4 Å². The molecule has 2 aromatic heterocycles. The van der Waals surface area contributed by atoms with E-state index in [9.17, 15) is 0 Å². The number of likely N-dealkylation sites (tertiary alicyclic amines) is 1. The Bertz CT molecular complexity index is 878. The van der Waals surface area contributed by atoms with Crippen LogP contribution in [0.5, 0.6) is 0 Å². The standard InChI is InChI=1S/C17H18N6S/c1-11(13-4-5-23(9-13)10-18)21-17-22-15-3-2-12(6-16(15)24-17)14-7-19-20-8-14/h2-3,6-8,11,13H,4-5,9H2,1H3,(H,19,20)(H,21,22). The van der Waals surface area contributed by atoms with Crippen LogP contribution in [0.4, 0.5) is 5.13 Å². The predicted molar refractivity (Wildman–Crippen MR) is 95.6 cm³/mol. The lowest BCUT2D eigenvalue weighted by Crippen LogP contribution is -2.27. The molecule has 1 aliphatic rings. The molecule has 1 aromatic carbocycles. The van der Waals surface area contributed by atoms with Gasteiger partial charge in [-0.15, -0.1) is 0 Å². The number of hydrogen-bond acceptors (Lipinski definition) is 6. The molecule has 0 spiro atoms. The average Bonchev–Trinajstić information content (AvgIpc) is 3.33. The summed E-state index contributed by atoms with van der Waals surface area (Å²) >= 11 is 1.67. The summed E-state index contributed by atoms with van der Waals surface area (Å²) in [7, 11) is 0. The number of nitrogens with zero attached hydrogens (tertiary/aromatic N) is 4. The zero-order valence-electron chi connectivity index (χ0n) is 13.4. The molecule has 0 saturated carbocycles. The lowest BCUT2D eigenvalue weighted by Gasteiger charge is -2.19. The first-order chi connectivity index (χ1) is 11.7. The predicted octanol–water partition coefficient (Wildman–Crippen LogP) is 3.29. The molecule has 2 N–H and O–H groups in total. The number of nitriles is 1. The van der Waals surface area contributed by atoms with Crippen LogP contribution in [0.3, 0.4) is 0 Å². The Morgan fingerprint density at radius 2 is 2.38 bits per heavy atom. The molecule has 122 valence electrons. The zero-order chi connectivity index (χ0) is 16.5. The van der Waals surface area contributed by atoms with Gasteiger partial charge >= 0.3 is 0 Å². The van der Waals surface area contributed by atoms with Gasteiger partial charge in [0.05, 0.1) is 16.4 Å². The molecule has 1 fully saturated rings. The number of rotatable bonds is 4. The Morgan fingerprint density at radius 1 is 1.46 bits per heavy atom. The number of H-pyrrole nitrogens is 1. The number of hydrogen-bond donors (Lipinski definition) is 2. The van der Waals surface area contributed by atoms with E-state index in [1.165, 1.54) is 0 Å². The molecule has 0 aliphatic carbocycles. The molecule has 6 nitrogen and oxygen atoms in total. The lowest BCUT2D eigenvalue weighted by atomic mass is 10.0. The molecule has 3 aromatic rings. The van der Waals surface area contributed by atoms with E-state index in [0.29, 0.717) is 12.0 Å². The fourth-order valence-electron chi connectivity index (χ4n) is 3.17. The van der Waals surface area contributed by atoms with Crippen LogP contribution >= 0.6 is 11.3 Å². The minimum atomic E-state index is 0.303. The number of thiazole rings is 1. The Kier molecular flexibility index (Phi) is 3.82. The monoisotopic (exact) mass is 338 g/mol. The van der Waals surface area contributed by atoms with Crippen molar-refractivity contribution in [3.63, 3.8) is 0 Å². The van der Waals surface area contributed by atoms with Gasteiger partial charge in [-0.2, -0.15) is 10.4 Å². The maximum absolute atomic E-state index is 8.99. The van der Waals surface area contributed by atoms with Crippen LogP contribution < -0.4 is 5.32 Å². The Balaban J connectivity index is 1.52. The van der Waals surface area contributed by atoms with Crippen LogP contribution in [0.2, 0.25) is 0 Å². The second-order valence-electron chi connectivity index (χ2n) is 6.22. The summed E-state index contributed by atoms with van der Waals surface area (Å²) in [4.78, 5) is 6.52. The van der Waals surface area contributed by atoms with Crippen molar-refractivity contribution in [2.45, 2.75) is 19.4 Å². The first-order valence-electron chi connectivity index (χ1n) is 8.04. The highest BCUT2D eigenvalue weighted by Crippen LogP contribution is 2.31. The fourth-order valence-corrected chi connectivity index (χ4v) is 4.17. The molecule has 2 unspecified atom stereocenters.